The van der Waals surface area contributed by atoms with Crippen molar-refractivity contribution in [3.8, 4) is 0 Å². The Hall–Kier alpha value is -3.36. The van der Waals surface area contributed by atoms with Crippen molar-refractivity contribution in [2.24, 2.45) is 5.92 Å². The normalized spacial score (nSPS) is 13.0. The molecule has 0 saturated carbocycles. The van der Waals surface area contributed by atoms with Crippen molar-refractivity contribution < 1.29 is 27.6 Å². The van der Waals surface area contributed by atoms with Gasteiger partial charge in [0.25, 0.3) is 5.91 Å². The van der Waals surface area contributed by atoms with Crippen LogP contribution in [0.4, 0.5) is 18.9 Å². The maximum absolute atomic E-state index is 13.2. The molecule has 0 bridgehead atoms. The third kappa shape index (κ3) is 7.06. The number of likely N-dealkylation sites (N-methyl/N-ethyl adjacent to an activating group) is 1. The van der Waals surface area contributed by atoms with Crippen molar-refractivity contribution in [1.29, 1.82) is 0 Å². The van der Waals surface area contributed by atoms with Crippen LogP contribution >= 0.6 is 0 Å². The molecule has 2 aromatic rings. The summed E-state index contributed by atoms with van der Waals surface area (Å²) in [4.78, 5) is 39.6. The van der Waals surface area contributed by atoms with Crippen LogP contribution in [0.15, 0.2) is 54.6 Å². The molecule has 2 aromatic carbocycles. The van der Waals surface area contributed by atoms with Gasteiger partial charge in [0.05, 0.1) is 17.8 Å². The van der Waals surface area contributed by atoms with Crippen molar-refractivity contribution in [3.63, 3.8) is 0 Å². The molecule has 2 N–H and O–H groups in total. The maximum Gasteiger partial charge on any atom is 0.418 e. The number of para-hydroxylation sites is 1. The molecule has 6 nitrogen and oxygen atoms in total. The van der Waals surface area contributed by atoms with Gasteiger partial charge < -0.3 is 15.5 Å². The van der Waals surface area contributed by atoms with Crippen LogP contribution in [0.1, 0.15) is 43.1 Å². The average Bonchev–Trinajstić information content (AvgIpc) is 2.80. The first kappa shape index (κ1) is 25.9. The van der Waals surface area contributed by atoms with Gasteiger partial charge in [0, 0.05) is 12.1 Å². The Morgan fingerprint density at radius 2 is 1.58 bits per heavy atom. The quantitative estimate of drug-likeness (QED) is 0.581. The van der Waals surface area contributed by atoms with Crippen LogP contribution < -0.4 is 10.6 Å². The fraction of sp³-hybridized carbons (Fsp3) is 0.375. The van der Waals surface area contributed by atoms with Crippen molar-refractivity contribution in [2.75, 3.05) is 18.4 Å². The molecule has 0 aliphatic heterocycles. The predicted molar refractivity (Wildman–Crippen MR) is 119 cm³/mol. The van der Waals surface area contributed by atoms with Gasteiger partial charge in [0.1, 0.15) is 6.04 Å². The van der Waals surface area contributed by atoms with E-state index >= 15 is 0 Å². The van der Waals surface area contributed by atoms with E-state index in [1.165, 1.54) is 17.0 Å². The molecule has 2 rings (SSSR count). The van der Waals surface area contributed by atoms with Crippen LogP contribution in [0.5, 0.6) is 0 Å². The lowest BCUT2D eigenvalue weighted by Gasteiger charge is -2.30. The molecule has 3 amide bonds. The first-order valence-electron chi connectivity index (χ1n) is 10.7. The molecule has 0 aliphatic rings. The minimum Gasteiger partial charge on any atom is -0.340 e. The first-order chi connectivity index (χ1) is 15.6. The standard InChI is InChI=1S/C24H28F3N3O3/c1-4-16(3)21(29-22(32)17-11-7-6-8-12-17)23(33)30(5-2)15-20(31)28-19-14-10-9-13-18(19)24(25,26)27/h6-14,16,21H,4-5,15H2,1-3H3,(H,28,31)(H,29,32)/t16-,21-/m0/s1. The number of amides is 3. The SMILES string of the molecule is CC[C@H](C)[C@H](NC(=O)c1ccccc1)C(=O)N(CC)CC(=O)Nc1ccccc1C(F)(F)F. The minimum atomic E-state index is -4.63. The van der Waals surface area contributed by atoms with Gasteiger partial charge in [-0.15, -0.1) is 0 Å². The third-order valence-corrected chi connectivity index (χ3v) is 5.34. The number of nitrogens with zero attached hydrogens (tertiary/aromatic N) is 1. The van der Waals surface area contributed by atoms with Crippen LogP contribution in [-0.2, 0) is 15.8 Å². The van der Waals surface area contributed by atoms with E-state index in [9.17, 15) is 27.6 Å². The fourth-order valence-corrected chi connectivity index (χ4v) is 3.24. The van der Waals surface area contributed by atoms with E-state index in [1.54, 1.807) is 44.2 Å². The molecule has 0 unspecified atom stereocenters. The summed E-state index contributed by atoms with van der Waals surface area (Å²) in [6, 6.07) is 12.2. The highest BCUT2D eigenvalue weighted by Crippen LogP contribution is 2.34. The Balaban J connectivity index is 2.15. The Morgan fingerprint density at radius 3 is 2.15 bits per heavy atom. The smallest absolute Gasteiger partial charge is 0.340 e. The lowest BCUT2D eigenvalue weighted by atomic mass is 9.97. The summed E-state index contributed by atoms with van der Waals surface area (Å²) in [5.41, 5.74) is -0.960. The second kappa shape index (κ2) is 11.5. The number of nitrogens with one attached hydrogen (secondary N) is 2. The molecule has 0 aliphatic carbocycles. The van der Waals surface area contributed by atoms with Gasteiger partial charge in [0.15, 0.2) is 0 Å². The number of anilines is 1. The zero-order valence-corrected chi connectivity index (χ0v) is 18.8. The van der Waals surface area contributed by atoms with E-state index < -0.39 is 42.0 Å². The third-order valence-electron chi connectivity index (χ3n) is 5.34. The van der Waals surface area contributed by atoms with Gasteiger partial charge in [-0.05, 0) is 37.1 Å². The lowest BCUT2D eigenvalue weighted by Crippen LogP contribution is -2.53. The second-order valence-corrected chi connectivity index (χ2v) is 7.65. The molecule has 0 saturated heterocycles. The zero-order chi connectivity index (χ0) is 24.6. The zero-order valence-electron chi connectivity index (χ0n) is 18.8. The van der Waals surface area contributed by atoms with Gasteiger partial charge in [-0.1, -0.05) is 50.6 Å². The van der Waals surface area contributed by atoms with Crippen LogP contribution in [0.25, 0.3) is 0 Å². The fourth-order valence-electron chi connectivity index (χ4n) is 3.24. The van der Waals surface area contributed by atoms with Crippen LogP contribution in [0.3, 0.4) is 0 Å². The second-order valence-electron chi connectivity index (χ2n) is 7.65. The predicted octanol–water partition coefficient (Wildman–Crippen LogP) is 4.34. The number of carbonyl (C=O) groups excluding carboxylic acids is 3. The van der Waals surface area contributed by atoms with Crippen LogP contribution in [-0.4, -0.2) is 41.8 Å². The number of carbonyl (C=O) groups is 3. The molecular weight excluding hydrogens is 435 g/mol. The van der Waals surface area contributed by atoms with Crippen molar-refractivity contribution in [3.05, 3.63) is 65.7 Å². The Bertz CT molecular complexity index is 964. The van der Waals surface area contributed by atoms with E-state index in [-0.39, 0.29) is 18.2 Å². The maximum atomic E-state index is 13.2. The average molecular weight is 464 g/mol. The lowest BCUT2D eigenvalue weighted by molar-refractivity contribution is -0.138. The van der Waals surface area contributed by atoms with E-state index in [2.05, 4.69) is 10.6 Å². The van der Waals surface area contributed by atoms with Gasteiger partial charge in [-0.2, -0.15) is 13.2 Å². The summed E-state index contributed by atoms with van der Waals surface area (Å²) in [7, 11) is 0. The van der Waals surface area contributed by atoms with Crippen LogP contribution in [0, 0.1) is 5.92 Å². The summed E-state index contributed by atoms with van der Waals surface area (Å²) in [6.45, 7) is 5.02. The number of rotatable bonds is 9. The Morgan fingerprint density at radius 1 is 0.970 bits per heavy atom. The molecule has 178 valence electrons. The van der Waals surface area contributed by atoms with Crippen molar-refractivity contribution >= 4 is 23.4 Å². The summed E-state index contributed by atoms with van der Waals surface area (Å²) >= 11 is 0. The number of hydrogen-bond acceptors (Lipinski definition) is 3. The monoisotopic (exact) mass is 463 g/mol. The molecule has 0 aromatic heterocycles. The summed E-state index contributed by atoms with van der Waals surface area (Å²) < 4.78 is 39.6. The van der Waals surface area contributed by atoms with E-state index in [4.69, 9.17) is 0 Å². The highest BCUT2D eigenvalue weighted by Gasteiger charge is 2.34. The Labute approximate surface area is 191 Å². The number of benzene rings is 2. The number of halogens is 3. The Kier molecular flexibility index (Phi) is 9.02. The van der Waals surface area contributed by atoms with Gasteiger partial charge in [0.2, 0.25) is 11.8 Å². The summed E-state index contributed by atoms with van der Waals surface area (Å²) in [5.74, 6) is -1.89. The topological polar surface area (TPSA) is 78.5 Å². The largest absolute Gasteiger partial charge is 0.418 e. The van der Waals surface area contributed by atoms with Crippen molar-refractivity contribution in [2.45, 2.75) is 39.4 Å². The minimum absolute atomic E-state index is 0.140. The first-order valence-corrected chi connectivity index (χ1v) is 10.7. The molecule has 0 radical (unpaired) electrons. The van der Waals surface area contributed by atoms with Crippen LogP contribution in [0.2, 0.25) is 0 Å². The van der Waals surface area contributed by atoms with E-state index in [0.29, 0.717) is 12.0 Å². The number of alkyl halides is 3. The summed E-state index contributed by atoms with van der Waals surface area (Å²) in [6.07, 6.45) is -4.04. The van der Waals surface area contributed by atoms with Gasteiger partial charge in [-0.3, -0.25) is 14.4 Å². The summed E-state index contributed by atoms with van der Waals surface area (Å²) in [5, 5.41) is 4.99. The molecule has 2 atom stereocenters. The highest BCUT2D eigenvalue weighted by atomic mass is 19.4. The molecule has 9 heteroatoms. The molecule has 33 heavy (non-hydrogen) atoms. The van der Waals surface area contributed by atoms with Crippen molar-refractivity contribution in [1.82, 2.24) is 10.2 Å². The van der Waals surface area contributed by atoms with E-state index in [1.807, 2.05) is 6.92 Å². The number of hydrogen-bond donors (Lipinski definition) is 2. The molecular formula is C24H28F3N3O3. The van der Waals surface area contributed by atoms with E-state index in [0.717, 1.165) is 12.1 Å². The molecule has 0 heterocycles. The van der Waals surface area contributed by atoms with Gasteiger partial charge >= 0.3 is 6.18 Å². The van der Waals surface area contributed by atoms with Gasteiger partial charge in [-0.25, -0.2) is 0 Å². The highest BCUT2D eigenvalue weighted by molar-refractivity contribution is 5.99. The molecule has 0 spiro atoms. The molecule has 0 fully saturated rings.